The number of halogens is 3. The second-order valence-corrected chi connectivity index (χ2v) is 7.62. The molecule has 0 bridgehead atoms. The third-order valence-electron chi connectivity index (χ3n) is 5.49. The molecule has 0 spiro atoms. The number of benzene rings is 2. The standard InChI is InChI=1S/C23H23F3N4/c1-15-6-2-5-9-20(15)29-21-19(23(24,25)26)14-27-22(30-21)28-18-12-10-17(11-13-18)16-7-3-4-8-16/h2,5-6,9-14,16H,3-4,7-8H2,1H3,(H2,27,28,29,30). The number of alkyl halides is 3. The largest absolute Gasteiger partial charge is 0.421 e. The Labute approximate surface area is 173 Å². The monoisotopic (exact) mass is 412 g/mol. The van der Waals surface area contributed by atoms with Crippen molar-refractivity contribution in [1.29, 1.82) is 0 Å². The Hall–Kier alpha value is -3.09. The highest BCUT2D eigenvalue weighted by molar-refractivity contribution is 5.65. The van der Waals surface area contributed by atoms with Crippen LogP contribution in [0.1, 0.15) is 48.3 Å². The van der Waals surface area contributed by atoms with Crippen molar-refractivity contribution in [3.63, 3.8) is 0 Å². The van der Waals surface area contributed by atoms with Gasteiger partial charge in [-0.15, -0.1) is 0 Å². The van der Waals surface area contributed by atoms with Gasteiger partial charge in [0.25, 0.3) is 0 Å². The van der Waals surface area contributed by atoms with Gasteiger partial charge in [-0.2, -0.15) is 18.2 Å². The van der Waals surface area contributed by atoms with Gasteiger partial charge in [-0.25, -0.2) is 4.98 Å². The zero-order valence-corrected chi connectivity index (χ0v) is 16.6. The zero-order valence-electron chi connectivity index (χ0n) is 16.6. The highest BCUT2D eigenvalue weighted by atomic mass is 19.4. The average molecular weight is 412 g/mol. The molecule has 3 aromatic rings. The van der Waals surface area contributed by atoms with Gasteiger partial charge in [-0.3, -0.25) is 0 Å². The molecule has 2 aromatic carbocycles. The van der Waals surface area contributed by atoms with Crippen LogP contribution in [-0.2, 0) is 6.18 Å². The van der Waals surface area contributed by atoms with Gasteiger partial charge >= 0.3 is 6.18 Å². The average Bonchev–Trinajstić information content (AvgIpc) is 3.24. The van der Waals surface area contributed by atoms with Crippen LogP contribution in [0.5, 0.6) is 0 Å². The molecule has 0 amide bonds. The maximum absolute atomic E-state index is 13.5. The summed E-state index contributed by atoms with van der Waals surface area (Å²) < 4.78 is 40.4. The van der Waals surface area contributed by atoms with Crippen LogP contribution in [0.4, 0.5) is 36.3 Å². The lowest BCUT2D eigenvalue weighted by Crippen LogP contribution is -2.13. The van der Waals surface area contributed by atoms with E-state index in [9.17, 15) is 13.2 Å². The summed E-state index contributed by atoms with van der Waals surface area (Å²) >= 11 is 0. The van der Waals surface area contributed by atoms with E-state index in [1.54, 1.807) is 12.1 Å². The first-order valence-corrected chi connectivity index (χ1v) is 10.0. The molecule has 7 heteroatoms. The molecule has 156 valence electrons. The van der Waals surface area contributed by atoms with Gasteiger partial charge in [0.2, 0.25) is 5.95 Å². The lowest BCUT2D eigenvalue weighted by Gasteiger charge is -2.16. The SMILES string of the molecule is Cc1ccccc1Nc1nc(Nc2ccc(C3CCCC3)cc2)ncc1C(F)(F)F. The predicted octanol–water partition coefficient (Wildman–Crippen LogP) is 6.95. The van der Waals surface area contributed by atoms with Crippen molar-refractivity contribution in [3.8, 4) is 0 Å². The van der Waals surface area contributed by atoms with Gasteiger partial charge in [0.1, 0.15) is 11.4 Å². The van der Waals surface area contributed by atoms with Crippen LogP contribution in [0.3, 0.4) is 0 Å². The summed E-state index contributed by atoms with van der Waals surface area (Å²) in [5.41, 5.74) is 2.51. The molecule has 0 aliphatic heterocycles. The highest BCUT2D eigenvalue weighted by Crippen LogP contribution is 2.36. The zero-order chi connectivity index (χ0) is 21.1. The van der Waals surface area contributed by atoms with Crippen molar-refractivity contribution in [2.75, 3.05) is 10.6 Å². The van der Waals surface area contributed by atoms with Crippen LogP contribution in [-0.4, -0.2) is 9.97 Å². The maximum Gasteiger partial charge on any atom is 0.421 e. The smallest absolute Gasteiger partial charge is 0.339 e. The first-order valence-electron chi connectivity index (χ1n) is 10.0. The molecule has 1 heterocycles. The molecule has 4 rings (SSSR count). The van der Waals surface area contributed by atoms with Gasteiger partial charge in [0.05, 0.1) is 0 Å². The van der Waals surface area contributed by atoms with Crippen molar-refractivity contribution in [3.05, 3.63) is 71.4 Å². The summed E-state index contributed by atoms with van der Waals surface area (Å²) in [6.07, 6.45) is 1.20. The van der Waals surface area contributed by atoms with Crippen LogP contribution in [0, 0.1) is 6.92 Å². The first kappa shape index (κ1) is 20.2. The Morgan fingerprint density at radius 3 is 2.30 bits per heavy atom. The molecule has 0 saturated heterocycles. The van der Waals surface area contributed by atoms with E-state index in [4.69, 9.17) is 0 Å². The third-order valence-corrected chi connectivity index (χ3v) is 5.49. The second kappa shape index (κ2) is 8.34. The minimum absolute atomic E-state index is 0.104. The molecule has 2 N–H and O–H groups in total. The number of nitrogens with zero attached hydrogens (tertiary/aromatic N) is 2. The van der Waals surface area contributed by atoms with Crippen LogP contribution < -0.4 is 10.6 Å². The molecule has 4 nitrogen and oxygen atoms in total. The van der Waals surface area contributed by atoms with E-state index < -0.39 is 11.7 Å². The molecule has 0 unspecified atom stereocenters. The number of nitrogens with one attached hydrogen (secondary N) is 2. The Bertz CT molecular complexity index is 1010. The summed E-state index contributed by atoms with van der Waals surface area (Å²) in [6.45, 7) is 1.82. The fourth-order valence-electron chi connectivity index (χ4n) is 3.81. The number of aromatic nitrogens is 2. The number of rotatable bonds is 5. The topological polar surface area (TPSA) is 49.8 Å². The highest BCUT2D eigenvalue weighted by Gasteiger charge is 2.35. The van der Waals surface area contributed by atoms with Crippen LogP contribution in [0.15, 0.2) is 54.7 Å². The first-order chi connectivity index (χ1) is 14.4. The van der Waals surface area contributed by atoms with Crippen molar-refractivity contribution >= 4 is 23.1 Å². The number of anilines is 4. The number of para-hydroxylation sites is 1. The molecular weight excluding hydrogens is 389 g/mol. The van der Waals surface area contributed by atoms with Crippen LogP contribution in [0.25, 0.3) is 0 Å². The fraction of sp³-hybridized carbons (Fsp3) is 0.304. The van der Waals surface area contributed by atoms with Gasteiger partial charge in [0.15, 0.2) is 0 Å². The summed E-state index contributed by atoms with van der Waals surface area (Å²) in [5, 5.41) is 5.82. The minimum atomic E-state index is -4.56. The molecule has 1 fully saturated rings. The Morgan fingerprint density at radius 1 is 0.933 bits per heavy atom. The van der Waals surface area contributed by atoms with Crippen molar-refractivity contribution in [2.45, 2.75) is 44.7 Å². The summed E-state index contributed by atoms with van der Waals surface area (Å²) in [5.74, 6) is 0.427. The Morgan fingerprint density at radius 2 is 1.63 bits per heavy atom. The van der Waals surface area contributed by atoms with E-state index in [0.29, 0.717) is 11.6 Å². The van der Waals surface area contributed by atoms with Crippen molar-refractivity contribution in [1.82, 2.24) is 9.97 Å². The van der Waals surface area contributed by atoms with Gasteiger partial charge in [0, 0.05) is 17.6 Å². The number of hydrogen-bond acceptors (Lipinski definition) is 4. The van der Waals surface area contributed by atoms with Crippen molar-refractivity contribution < 1.29 is 13.2 Å². The Balaban J connectivity index is 1.58. The molecule has 1 aliphatic rings. The molecule has 1 saturated carbocycles. The van der Waals surface area contributed by atoms with E-state index in [-0.39, 0.29) is 11.8 Å². The van der Waals surface area contributed by atoms with Crippen LogP contribution in [0.2, 0.25) is 0 Å². The van der Waals surface area contributed by atoms with E-state index in [1.165, 1.54) is 31.2 Å². The lowest BCUT2D eigenvalue weighted by atomic mass is 9.98. The molecular formula is C23H23F3N4. The maximum atomic E-state index is 13.5. The third kappa shape index (κ3) is 4.56. The predicted molar refractivity (Wildman–Crippen MR) is 112 cm³/mol. The lowest BCUT2D eigenvalue weighted by molar-refractivity contribution is -0.137. The fourth-order valence-corrected chi connectivity index (χ4v) is 3.81. The van der Waals surface area contributed by atoms with Crippen molar-refractivity contribution in [2.24, 2.45) is 0 Å². The minimum Gasteiger partial charge on any atom is -0.339 e. The van der Waals surface area contributed by atoms with E-state index in [1.807, 2.05) is 31.2 Å². The van der Waals surface area contributed by atoms with Gasteiger partial charge in [-0.05, 0) is 55.0 Å². The van der Waals surface area contributed by atoms with E-state index >= 15 is 0 Å². The summed E-state index contributed by atoms with van der Waals surface area (Å²) in [4.78, 5) is 8.00. The van der Waals surface area contributed by atoms with E-state index in [0.717, 1.165) is 17.4 Å². The van der Waals surface area contributed by atoms with Gasteiger partial charge < -0.3 is 10.6 Å². The summed E-state index contributed by atoms with van der Waals surface area (Å²) in [6, 6.07) is 15.1. The molecule has 1 aliphatic carbocycles. The quantitative estimate of drug-likeness (QED) is 0.476. The second-order valence-electron chi connectivity index (χ2n) is 7.62. The molecule has 0 radical (unpaired) electrons. The summed E-state index contributed by atoms with van der Waals surface area (Å²) in [7, 11) is 0. The number of hydrogen-bond donors (Lipinski definition) is 2. The van der Waals surface area contributed by atoms with E-state index in [2.05, 4.69) is 32.7 Å². The number of aryl methyl sites for hydroxylation is 1. The molecule has 1 aromatic heterocycles. The normalized spacial score (nSPS) is 14.7. The van der Waals surface area contributed by atoms with Crippen LogP contribution >= 0.6 is 0 Å². The molecule has 30 heavy (non-hydrogen) atoms. The van der Waals surface area contributed by atoms with Gasteiger partial charge in [-0.1, -0.05) is 43.2 Å². The Kier molecular flexibility index (Phi) is 5.61. The molecule has 0 atom stereocenters.